The zero-order valence-corrected chi connectivity index (χ0v) is 7.18. The number of allylic oxidation sites excluding steroid dienone is 2. The van der Waals surface area contributed by atoms with Gasteiger partial charge >= 0.3 is 0 Å². The number of carbonyl (C=O) groups excluding carboxylic acids is 1. The van der Waals surface area contributed by atoms with Gasteiger partial charge in [0.2, 0.25) is 0 Å². The second-order valence-corrected chi connectivity index (χ2v) is 4.11. The third kappa shape index (κ3) is 0.741. The Balaban J connectivity index is 2.40. The molecule has 0 spiro atoms. The van der Waals surface area contributed by atoms with Crippen molar-refractivity contribution < 1.29 is 4.79 Å². The Morgan fingerprint density at radius 3 is 3.00 bits per heavy atom. The van der Waals surface area contributed by atoms with Crippen LogP contribution in [0.1, 0.15) is 33.1 Å². The first-order valence-corrected chi connectivity index (χ1v) is 4.37. The van der Waals surface area contributed by atoms with Crippen LogP contribution in [0.15, 0.2) is 11.6 Å². The van der Waals surface area contributed by atoms with Gasteiger partial charge < -0.3 is 0 Å². The van der Waals surface area contributed by atoms with Crippen LogP contribution in [0.2, 0.25) is 0 Å². The van der Waals surface area contributed by atoms with Gasteiger partial charge in [-0.15, -0.1) is 0 Å². The van der Waals surface area contributed by atoms with Crippen molar-refractivity contribution in [2.75, 3.05) is 0 Å². The maximum absolute atomic E-state index is 11.5. The smallest absolute Gasteiger partial charge is 0.162 e. The SMILES string of the molecule is CC1=CC(=O)C2(C)CCCC12. The summed E-state index contributed by atoms with van der Waals surface area (Å²) < 4.78 is 0. The maximum Gasteiger partial charge on any atom is 0.162 e. The van der Waals surface area contributed by atoms with E-state index in [0.717, 1.165) is 6.42 Å². The Bertz CT molecular complexity index is 239. The maximum atomic E-state index is 11.5. The fourth-order valence-electron chi connectivity index (χ4n) is 2.66. The first-order chi connectivity index (χ1) is 5.14. The van der Waals surface area contributed by atoms with Crippen LogP contribution in [0.25, 0.3) is 0 Å². The summed E-state index contributed by atoms with van der Waals surface area (Å²) in [5.74, 6) is 0.951. The molecule has 2 aliphatic rings. The fraction of sp³-hybridized carbons (Fsp3) is 0.700. The van der Waals surface area contributed by atoms with E-state index in [1.165, 1.54) is 18.4 Å². The molecule has 60 valence electrons. The van der Waals surface area contributed by atoms with E-state index in [9.17, 15) is 4.79 Å². The predicted octanol–water partition coefficient (Wildman–Crippen LogP) is 2.32. The van der Waals surface area contributed by atoms with Gasteiger partial charge in [0.05, 0.1) is 0 Å². The summed E-state index contributed by atoms with van der Waals surface area (Å²) >= 11 is 0. The van der Waals surface area contributed by atoms with Crippen LogP contribution in [-0.4, -0.2) is 5.78 Å². The van der Waals surface area contributed by atoms with Gasteiger partial charge in [-0.05, 0) is 31.8 Å². The Hall–Kier alpha value is -0.590. The molecule has 1 fully saturated rings. The van der Waals surface area contributed by atoms with Crippen LogP contribution >= 0.6 is 0 Å². The molecular weight excluding hydrogens is 136 g/mol. The highest BCUT2D eigenvalue weighted by molar-refractivity contribution is 5.98. The molecule has 2 aliphatic carbocycles. The number of fused-ring (bicyclic) bond motifs is 1. The van der Waals surface area contributed by atoms with Gasteiger partial charge in [-0.25, -0.2) is 0 Å². The number of ketones is 1. The molecule has 0 heterocycles. The van der Waals surface area contributed by atoms with Gasteiger partial charge in [-0.1, -0.05) is 18.9 Å². The molecule has 0 aromatic carbocycles. The Morgan fingerprint density at radius 1 is 1.64 bits per heavy atom. The fourth-order valence-corrected chi connectivity index (χ4v) is 2.66. The Morgan fingerprint density at radius 2 is 2.36 bits per heavy atom. The van der Waals surface area contributed by atoms with E-state index in [1.807, 2.05) is 6.08 Å². The molecule has 1 saturated carbocycles. The molecule has 0 aromatic heterocycles. The Labute approximate surface area is 67.5 Å². The topological polar surface area (TPSA) is 17.1 Å². The van der Waals surface area contributed by atoms with E-state index in [-0.39, 0.29) is 5.41 Å². The Kier molecular flexibility index (Phi) is 1.26. The second-order valence-electron chi connectivity index (χ2n) is 4.11. The zero-order chi connectivity index (χ0) is 8.06. The minimum atomic E-state index is 0.00405. The van der Waals surface area contributed by atoms with E-state index >= 15 is 0 Å². The summed E-state index contributed by atoms with van der Waals surface area (Å²) in [6, 6.07) is 0. The minimum absolute atomic E-state index is 0.00405. The summed E-state index contributed by atoms with van der Waals surface area (Å²) in [5.41, 5.74) is 1.32. The lowest BCUT2D eigenvalue weighted by atomic mass is 9.79. The molecule has 2 rings (SSSR count). The van der Waals surface area contributed by atoms with E-state index in [1.54, 1.807) is 0 Å². The first kappa shape index (κ1) is 7.08. The molecular formula is C10H14O. The summed E-state index contributed by atoms with van der Waals surface area (Å²) in [7, 11) is 0. The number of hydrogen-bond donors (Lipinski definition) is 0. The second kappa shape index (κ2) is 1.96. The van der Waals surface area contributed by atoms with E-state index in [4.69, 9.17) is 0 Å². The average molecular weight is 150 g/mol. The predicted molar refractivity (Wildman–Crippen MR) is 44.2 cm³/mol. The van der Waals surface area contributed by atoms with Crippen molar-refractivity contribution in [3.63, 3.8) is 0 Å². The van der Waals surface area contributed by atoms with Crippen LogP contribution in [0.5, 0.6) is 0 Å². The van der Waals surface area contributed by atoms with E-state index in [0.29, 0.717) is 11.7 Å². The molecule has 0 aliphatic heterocycles. The highest BCUT2D eigenvalue weighted by atomic mass is 16.1. The van der Waals surface area contributed by atoms with Crippen molar-refractivity contribution in [3.05, 3.63) is 11.6 Å². The monoisotopic (exact) mass is 150 g/mol. The number of carbonyl (C=O) groups is 1. The third-order valence-corrected chi connectivity index (χ3v) is 3.43. The molecule has 0 saturated heterocycles. The summed E-state index contributed by atoms with van der Waals surface area (Å²) in [4.78, 5) is 11.5. The lowest BCUT2D eigenvalue weighted by molar-refractivity contribution is -0.122. The molecule has 0 aromatic rings. The van der Waals surface area contributed by atoms with Gasteiger partial charge in [-0.2, -0.15) is 0 Å². The van der Waals surface area contributed by atoms with Gasteiger partial charge in [-0.3, -0.25) is 4.79 Å². The lowest BCUT2D eigenvalue weighted by Gasteiger charge is -2.22. The molecule has 11 heavy (non-hydrogen) atoms. The molecule has 2 unspecified atom stereocenters. The van der Waals surface area contributed by atoms with Crippen LogP contribution < -0.4 is 0 Å². The summed E-state index contributed by atoms with van der Waals surface area (Å²) in [6.07, 6.45) is 5.41. The van der Waals surface area contributed by atoms with E-state index in [2.05, 4.69) is 13.8 Å². The number of hydrogen-bond acceptors (Lipinski definition) is 1. The van der Waals surface area contributed by atoms with Crippen molar-refractivity contribution in [2.45, 2.75) is 33.1 Å². The zero-order valence-electron chi connectivity index (χ0n) is 7.18. The van der Waals surface area contributed by atoms with Crippen LogP contribution in [-0.2, 0) is 4.79 Å². The average Bonchev–Trinajstić information content (AvgIpc) is 2.39. The first-order valence-electron chi connectivity index (χ1n) is 4.37. The summed E-state index contributed by atoms with van der Waals surface area (Å²) in [5, 5.41) is 0. The molecule has 0 amide bonds. The normalized spacial score (nSPS) is 42.5. The lowest BCUT2D eigenvalue weighted by Crippen LogP contribution is -2.25. The third-order valence-electron chi connectivity index (χ3n) is 3.43. The quantitative estimate of drug-likeness (QED) is 0.518. The van der Waals surface area contributed by atoms with E-state index < -0.39 is 0 Å². The van der Waals surface area contributed by atoms with Crippen molar-refractivity contribution in [3.8, 4) is 0 Å². The molecule has 0 N–H and O–H groups in total. The van der Waals surface area contributed by atoms with Crippen molar-refractivity contribution in [1.82, 2.24) is 0 Å². The van der Waals surface area contributed by atoms with Crippen molar-refractivity contribution >= 4 is 5.78 Å². The van der Waals surface area contributed by atoms with Gasteiger partial charge in [0, 0.05) is 5.41 Å². The highest BCUT2D eigenvalue weighted by Gasteiger charge is 2.48. The molecule has 0 bridgehead atoms. The van der Waals surface area contributed by atoms with Crippen molar-refractivity contribution in [2.24, 2.45) is 11.3 Å². The summed E-state index contributed by atoms with van der Waals surface area (Å²) in [6.45, 7) is 4.22. The van der Waals surface area contributed by atoms with Crippen LogP contribution in [0, 0.1) is 11.3 Å². The van der Waals surface area contributed by atoms with Gasteiger partial charge in [0.25, 0.3) is 0 Å². The van der Waals surface area contributed by atoms with Gasteiger partial charge in [0.1, 0.15) is 0 Å². The van der Waals surface area contributed by atoms with Gasteiger partial charge in [0.15, 0.2) is 5.78 Å². The highest BCUT2D eigenvalue weighted by Crippen LogP contribution is 2.51. The molecule has 0 radical (unpaired) electrons. The number of rotatable bonds is 0. The molecule has 1 nitrogen and oxygen atoms in total. The van der Waals surface area contributed by atoms with Crippen molar-refractivity contribution in [1.29, 1.82) is 0 Å². The van der Waals surface area contributed by atoms with Crippen LogP contribution in [0.3, 0.4) is 0 Å². The minimum Gasteiger partial charge on any atom is -0.294 e. The molecule has 2 atom stereocenters. The standard InChI is InChI=1S/C10H14O/c1-7-6-9(11)10(2)5-3-4-8(7)10/h6,8H,3-5H2,1-2H3. The molecule has 1 heteroatoms. The van der Waals surface area contributed by atoms with Crippen LogP contribution in [0.4, 0.5) is 0 Å². The largest absolute Gasteiger partial charge is 0.294 e.